The van der Waals surface area contributed by atoms with Crippen LogP contribution >= 0.6 is 11.6 Å². The maximum Gasteiger partial charge on any atom is 0.270 e. The number of amides is 1. The summed E-state index contributed by atoms with van der Waals surface area (Å²) in [6, 6.07) is 9.43. The van der Waals surface area contributed by atoms with Crippen molar-refractivity contribution in [3.05, 3.63) is 41.0 Å². The molecule has 1 aliphatic heterocycles. The van der Waals surface area contributed by atoms with Crippen molar-refractivity contribution in [1.82, 2.24) is 10.3 Å². The Labute approximate surface area is 127 Å². The third-order valence-corrected chi connectivity index (χ3v) is 4.79. The van der Waals surface area contributed by atoms with E-state index in [-0.39, 0.29) is 11.9 Å². The lowest BCUT2D eigenvalue weighted by molar-refractivity contribution is 0.00803. The number of rotatable bonds is 2. The topological polar surface area (TPSA) is 51.2 Å². The normalized spacial score (nSPS) is 27.2. The Morgan fingerprint density at radius 1 is 1.33 bits per heavy atom. The summed E-state index contributed by atoms with van der Waals surface area (Å²) in [6.45, 7) is 0.811. The molecule has 1 aromatic heterocycles. The van der Waals surface area contributed by atoms with E-state index in [0.717, 1.165) is 24.8 Å². The van der Waals surface area contributed by atoms with Crippen molar-refractivity contribution in [3.63, 3.8) is 0 Å². The molecule has 4 nitrogen and oxygen atoms in total. The zero-order chi connectivity index (χ0) is 14.4. The quantitative estimate of drug-likeness (QED) is 0.928. The summed E-state index contributed by atoms with van der Waals surface area (Å²) in [7, 11) is 0. The van der Waals surface area contributed by atoms with E-state index in [9.17, 15) is 4.79 Å². The number of ether oxygens (including phenoxy) is 1. The van der Waals surface area contributed by atoms with Gasteiger partial charge < -0.3 is 10.1 Å². The van der Waals surface area contributed by atoms with E-state index in [1.807, 2.05) is 18.2 Å². The van der Waals surface area contributed by atoms with Crippen LogP contribution in [0.15, 0.2) is 30.3 Å². The van der Waals surface area contributed by atoms with E-state index in [4.69, 9.17) is 16.3 Å². The van der Waals surface area contributed by atoms with Gasteiger partial charge in [0, 0.05) is 24.0 Å². The smallest absolute Gasteiger partial charge is 0.270 e. The molecule has 21 heavy (non-hydrogen) atoms. The fourth-order valence-corrected chi connectivity index (χ4v) is 3.47. The Kier molecular flexibility index (Phi) is 3.08. The lowest BCUT2D eigenvalue weighted by atomic mass is 9.76. The van der Waals surface area contributed by atoms with Gasteiger partial charge in [0.1, 0.15) is 5.69 Å². The first-order chi connectivity index (χ1) is 10.2. The van der Waals surface area contributed by atoms with Crippen LogP contribution in [0.4, 0.5) is 0 Å². The minimum absolute atomic E-state index is 0.132. The first kappa shape index (κ1) is 13.0. The third-order valence-electron chi connectivity index (χ3n) is 4.48. The van der Waals surface area contributed by atoms with Crippen molar-refractivity contribution in [1.29, 1.82) is 0 Å². The van der Waals surface area contributed by atoms with Crippen molar-refractivity contribution < 1.29 is 9.53 Å². The monoisotopic (exact) mass is 302 g/mol. The highest BCUT2D eigenvalue weighted by Gasteiger charge is 2.45. The van der Waals surface area contributed by atoms with Gasteiger partial charge in [-0.25, -0.2) is 4.98 Å². The highest BCUT2D eigenvalue weighted by atomic mass is 35.5. The van der Waals surface area contributed by atoms with Gasteiger partial charge in [0.2, 0.25) is 0 Å². The van der Waals surface area contributed by atoms with Gasteiger partial charge in [0.05, 0.1) is 16.6 Å². The van der Waals surface area contributed by atoms with Gasteiger partial charge in [-0.15, -0.1) is 0 Å². The van der Waals surface area contributed by atoms with E-state index in [0.29, 0.717) is 28.3 Å². The largest absolute Gasteiger partial charge is 0.378 e. The molecule has 1 aromatic carbocycles. The Morgan fingerprint density at radius 3 is 3.10 bits per heavy atom. The van der Waals surface area contributed by atoms with Crippen molar-refractivity contribution in [2.45, 2.75) is 25.0 Å². The molecule has 5 heteroatoms. The maximum absolute atomic E-state index is 12.3. The second-order valence-corrected chi connectivity index (χ2v) is 6.09. The number of hydrogen-bond acceptors (Lipinski definition) is 3. The van der Waals surface area contributed by atoms with E-state index in [2.05, 4.69) is 10.3 Å². The molecule has 0 bridgehead atoms. The van der Waals surface area contributed by atoms with Gasteiger partial charge in [-0.05, 0) is 25.0 Å². The highest BCUT2D eigenvalue weighted by Crippen LogP contribution is 2.38. The lowest BCUT2D eigenvalue weighted by Gasteiger charge is -2.39. The molecular formula is C16H15ClN2O2. The summed E-state index contributed by atoms with van der Waals surface area (Å²) in [5.41, 5.74) is 1.08. The molecule has 2 fully saturated rings. The van der Waals surface area contributed by atoms with Crippen molar-refractivity contribution in [3.8, 4) is 0 Å². The number of para-hydroxylation sites is 1. The highest BCUT2D eigenvalue weighted by molar-refractivity contribution is 6.35. The average Bonchev–Trinajstić information content (AvgIpc) is 2.86. The Hall–Kier alpha value is -1.65. The molecule has 1 saturated carbocycles. The van der Waals surface area contributed by atoms with Crippen LogP contribution in [-0.2, 0) is 4.74 Å². The number of nitrogens with one attached hydrogen (secondary N) is 1. The Balaban J connectivity index is 1.55. The zero-order valence-electron chi connectivity index (χ0n) is 11.4. The summed E-state index contributed by atoms with van der Waals surface area (Å²) >= 11 is 6.14. The van der Waals surface area contributed by atoms with Gasteiger partial charge in [-0.1, -0.05) is 29.8 Å². The number of pyridine rings is 1. The SMILES string of the molecule is O=C(N[C@H]1C[C@H]2OCC[C@@H]12)c1ccc2cccc(Cl)c2n1. The minimum atomic E-state index is -0.132. The molecule has 1 aliphatic carbocycles. The van der Waals surface area contributed by atoms with Crippen LogP contribution in [0.3, 0.4) is 0 Å². The van der Waals surface area contributed by atoms with Crippen LogP contribution in [0.5, 0.6) is 0 Å². The molecule has 2 aromatic rings. The number of hydrogen-bond donors (Lipinski definition) is 1. The number of fused-ring (bicyclic) bond motifs is 2. The molecule has 4 rings (SSSR count). The minimum Gasteiger partial charge on any atom is -0.378 e. The van der Waals surface area contributed by atoms with Gasteiger partial charge >= 0.3 is 0 Å². The van der Waals surface area contributed by atoms with Crippen LogP contribution in [0.1, 0.15) is 23.3 Å². The van der Waals surface area contributed by atoms with Gasteiger partial charge in [0.15, 0.2) is 0 Å². The summed E-state index contributed by atoms with van der Waals surface area (Å²) in [6.07, 6.45) is 2.28. The molecule has 0 unspecified atom stereocenters. The molecule has 1 saturated heterocycles. The average molecular weight is 303 g/mol. The number of carbonyl (C=O) groups is 1. The number of aromatic nitrogens is 1. The molecular weight excluding hydrogens is 288 g/mol. The van der Waals surface area contributed by atoms with Crippen LogP contribution < -0.4 is 5.32 Å². The van der Waals surface area contributed by atoms with Gasteiger partial charge in [-0.3, -0.25) is 4.79 Å². The fraction of sp³-hybridized carbons (Fsp3) is 0.375. The Bertz CT molecular complexity index is 718. The molecule has 2 aliphatic rings. The van der Waals surface area contributed by atoms with E-state index < -0.39 is 0 Å². The van der Waals surface area contributed by atoms with Crippen LogP contribution in [0.25, 0.3) is 10.9 Å². The molecule has 0 spiro atoms. The van der Waals surface area contributed by atoms with Crippen molar-refractivity contribution in [2.24, 2.45) is 5.92 Å². The number of halogens is 1. The summed E-state index contributed by atoms with van der Waals surface area (Å²) in [5, 5.41) is 4.57. The van der Waals surface area contributed by atoms with Crippen molar-refractivity contribution >= 4 is 28.4 Å². The van der Waals surface area contributed by atoms with Crippen LogP contribution in [-0.4, -0.2) is 29.6 Å². The molecule has 1 N–H and O–H groups in total. The lowest BCUT2D eigenvalue weighted by Crippen LogP contribution is -2.53. The number of benzene rings is 1. The van der Waals surface area contributed by atoms with E-state index in [1.54, 1.807) is 12.1 Å². The first-order valence-electron chi connectivity index (χ1n) is 7.20. The van der Waals surface area contributed by atoms with Gasteiger partial charge in [0.25, 0.3) is 5.91 Å². The van der Waals surface area contributed by atoms with Gasteiger partial charge in [-0.2, -0.15) is 0 Å². The maximum atomic E-state index is 12.3. The third kappa shape index (κ3) is 2.19. The molecule has 108 valence electrons. The zero-order valence-corrected chi connectivity index (χ0v) is 12.1. The fourth-order valence-electron chi connectivity index (χ4n) is 3.24. The van der Waals surface area contributed by atoms with E-state index in [1.165, 1.54) is 0 Å². The predicted molar refractivity (Wildman–Crippen MR) is 80.5 cm³/mol. The number of nitrogens with zero attached hydrogens (tertiary/aromatic N) is 1. The second-order valence-electron chi connectivity index (χ2n) is 5.69. The second kappa shape index (κ2) is 4.97. The standard InChI is InChI=1S/C16H15ClN2O2/c17-11-3-1-2-9-4-5-12(18-15(9)11)16(20)19-13-8-14-10(13)6-7-21-14/h1-5,10,13-14H,6-8H2,(H,19,20)/t10-,13-,14+/m0/s1. The van der Waals surface area contributed by atoms with E-state index >= 15 is 0 Å². The molecule has 0 radical (unpaired) electrons. The van der Waals surface area contributed by atoms with Crippen molar-refractivity contribution in [2.75, 3.05) is 6.61 Å². The Morgan fingerprint density at radius 2 is 2.24 bits per heavy atom. The summed E-state index contributed by atoms with van der Waals surface area (Å²) < 4.78 is 5.56. The molecule has 2 heterocycles. The summed E-state index contributed by atoms with van der Waals surface area (Å²) in [4.78, 5) is 16.7. The predicted octanol–water partition coefficient (Wildman–Crippen LogP) is 2.80. The van der Waals surface area contributed by atoms with Crippen LogP contribution in [0, 0.1) is 5.92 Å². The summed E-state index contributed by atoms with van der Waals surface area (Å²) in [5.74, 6) is 0.338. The molecule has 3 atom stereocenters. The van der Waals surface area contributed by atoms with Crippen LogP contribution in [0.2, 0.25) is 5.02 Å². The number of carbonyl (C=O) groups excluding carboxylic acids is 1. The molecule has 1 amide bonds. The first-order valence-corrected chi connectivity index (χ1v) is 7.58.